The largest absolute Gasteiger partial charge is 0.392 e. The molecule has 0 bridgehead atoms. The SMILES string of the molecule is Cc1ccc(CC(O)Cc2ccc(F)c(F)c2)cc1. The smallest absolute Gasteiger partial charge is 0.159 e. The van der Waals surface area contributed by atoms with Gasteiger partial charge in [0.15, 0.2) is 11.6 Å². The van der Waals surface area contributed by atoms with Gasteiger partial charge in [0.2, 0.25) is 0 Å². The molecule has 0 aliphatic rings. The van der Waals surface area contributed by atoms with E-state index in [0.717, 1.165) is 17.7 Å². The van der Waals surface area contributed by atoms with E-state index in [1.165, 1.54) is 11.6 Å². The molecule has 2 aromatic rings. The van der Waals surface area contributed by atoms with Gasteiger partial charge < -0.3 is 5.11 Å². The summed E-state index contributed by atoms with van der Waals surface area (Å²) in [5, 5.41) is 9.97. The fourth-order valence-corrected chi connectivity index (χ4v) is 2.01. The van der Waals surface area contributed by atoms with Crippen molar-refractivity contribution in [3.8, 4) is 0 Å². The Labute approximate surface area is 111 Å². The first-order valence-electron chi connectivity index (χ1n) is 6.22. The van der Waals surface area contributed by atoms with Crippen LogP contribution in [0, 0.1) is 18.6 Å². The van der Waals surface area contributed by atoms with Crippen molar-refractivity contribution in [2.45, 2.75) is 25.9 Å². The maximum absolute atomic E-state index is 13.0. The number of halogens is 2. The summed E-state index contributed by atoms with van der Waals surface area (Å²) in [6.07, 6.45) is 0.206. The molecule has 1 atom stereocenters. The van der Waals surface area contributed by atoms with Crippen LogP contribution in [0.4, 0.5) is 8.78 Å². The Hall–Kier alpha value is -1.74. The molecule has 2 rings (SSSR count). The zero-order chi connectivity index (χ0) is 13.8. The second-order valence-electron chi connectivity index (χ2n) is 4.80. The lowest BCUT2D eigenvalue weighted by molar-refractivity contribution is 0.175. The third kappa shape index (κ3) is 3.86. The molecule has 1 nitrogen and oxygen atoms in total. The zero-order valence-electron chi connectivity index (χ0n) is 10.7. The molecular weight excluding hydrogens is 246 g/mol. The van der Waals surface area contributed by atoms with E-state index in [9.17, 15) is 13.9 Å². The Balaban J connectivity index is 1.98. The van der Waals surface area contributed by atoms with E-state index in [4.69, 9.17) is 0 Å². The monoisotopic (exact) mass is 262 g/mol. The molecule has 1 unspecified atom stereocenters. The van der Waals surface area contributed by atoms with Gasteiger partial charge in [0.05, 0.1) is 6.10 Å². The summed E-state index contributed by atoms with van der Waals surface area (Å²) in [7, 11) is 0. The molecule has 0 fully saturated rings. The number of benzene rings is 2. The lowest BCUT2D eigenvalue weighted by Gasteiger charge is -2.11. The van der Waals surface area contributed by atoms with E-state index in [0.29, 0.717) is 18.4 Å². The number of rotatable bonds is 4. The highest BCUT2D eigenvalue weighted by molar-refractivity contribution is 5.23. The summed E-state index contributed by atoms with van der Waals surface area (Å²) in [6.45, 7) is 2.00. The number of hydrogen-bond acceptors (Lipinski definition) is 1. The van der Waals surface area contributed by atoms with Crippen molar-refractivity contribution >= 4 is 0 Å². The van der Waals surface area contributed by atoms with Crippen LogP contribution in [0.2, 0.25) is 0 Å². The molecule has 0 aliphatic carbocycles. The van der Waals surface area contributed by atoms with E-state index in [-0.39, 0.29) is 0 Å². The molecule has 2 aromatic carbocycles. The summed E-state index contributed by atoms with van der Waals surface area (Å²) < 4.78 is 25.8. The van der Waals surface area contributed by atoms with Gasteiger partial charge in [0.25, 0.3) is 0 Å². The number of aryl methyl sites for hydroxylation is 1. The minimum atomic E-state index is -0.875. The average molecular weight is 262 g/mol. The van der Waals surface area contributed by atoms with Crippen molar-refractivity contribution in [2.75, 3.05) is 0 Å². The van der Waals surface area contributed by atoms with E-state index >= 15 is 0 Å². The van der Waals surface area contributed by atoms with Crippen molar-refractivity contribution in [3.05, 3.63) is 70.8 Å². The summed E-state index contributed by atoms with van der Waals surface area (Å²) >= 11 is 0. The molecule has 1 N–H and O–H groups in total. The molecule has 0 spiro atoms. The molecule has 0 heterocycles. The van der Waals surface area contributed by atoms with Crippen molar-refractivity contribution in [3.63, 3.8) is 0 Å². The Morgan fingerprint density at radius 1 is 0.895 bits per heavy atom. The van der Waals surface area contributed by atoms with Crippen LogP contribution in [0.3, 0.4) is 0 Å². The van der Waals surface area contributed by atoms with E-state index in [1.54, 1.807) is 0 Å². The van der Waals surface area contributed by atoms with Gasteiger partial charge in [-0.3, -0.25) is 0 Å². The lowest BCUT2D eigenvalue weighted by atomic mass is 10.0. The first-order chi connectivity index (χ1) is 9.04. The van der Waals surface area contributed by atoms with Crippen LogP contribution < -0.4 is 0 Å². The Bertz CT molecular complexity index is 549. The average Bonchev–Trinajstić information content (AvgIpc) is 2.37. The van der Waals surface area contributed by atoms with Crippen LogP contribution in [0.15, 0.2) is 42.5 Å². The third-order valence-corrected chi connectivity index (χ3v) is 3.05. The molecule has 100 valence electrons. The second kappa shape index (κ2) is 5.93. The Morgan fingerprint density at radius 2 is 1.47 bits per heavy atom. The molecule has 0 saturated carbocycles. The summed E-state index contributed by atoms with van der Waals surface area (Å²) in [5.41, 5.74) is 2.79. The highest BCUT2D eigenvalue weighted by Crippen LogP contribution is 2.13. The first kappa shape index (κ1) is 13.7. The second-order valence-corrected chi connectivity index (χ2v) is 4.80. The van der Waals surface area contributed by atoms with Crippen molar-refractivity contribution in [2.24, 2.45) is 0 Å². The van der Waals surface area contributed by atoms with E-state index in [1.807, 2.05) is 31.2 Å². The van der Waals surface area contributed by atoms with Crippen LogP contribution in [0.5, 0.6) is 0 Å². The molecule has 3 heteroatoms. The van der Waals surface area contributed by atoms with Crippen LogP contribution >= 0.6 is 0 Å². The quantitative estimate of drug-likeness (QED) is 0.895. The maximum Gasteiger partial charge on any atom is 0.159 e. The number of aliphatic hydroxyl groups excluding tert-OH is 1. The Kier molecular flexibility index (Phi) is 4.27. The van der Waals surface area contributed by atoms with Crippen molar-refractivity contribution in [1.29, 1.82) is 0 Å². The highest BCUT2D eigenvalue weighted by Gasteiger charge is 2.09. The maximum atomic E-state index is 13.0. The fraction of sp³-hybridized carbons (Fsp3) is 0.250. The predicted octanol–water partition coefficient (Wildman–Crippen LogP) is 3.42. The molecular formula is C16H16F2O. The van der Waals surface area contributed by atoms with Gasteiger partial charge in [-0.1, -0.05) is 35.9 Å². The predicted molar refractivity (Wildman–Crippen MR) is 71.0 cm³/mol. The molecule has 0 amide bonds. The molecule has 0 radical (unpaired) electrons. The van der Waals surface area contributed by atoms with Gasteiger partial charge in [-0.25, -0.2) is 8.78 Å². The minimum Gasteiger partial charge on any atom is -0.392 e. The first-order valence-corrected chi connectivity index (χ1v) is 6.22. The molecule has 19 heavy (non-hydrogen) atoms. The van der Waals surface area contributed by atoms with Gasteiger partial charge in [0.1, 0.15) is 0 Å². The van der Waals surface area contributed by atoms with E-state index < -0.39 is 17.7 Å². The van der Waals surface area contributed by atoms with Crippen molar-refractivity contribution in [1.82, 2.24) is 0 Å². The van der Waals surface area contributed by atoms with Gasteiger partial charge >= 0.3 is 0 Å². The fourth-order valence-electron chi connectivity index (χ4n) is 2.01. The molecule has 0 aliphatic heterocycles. The van der Waals surface area contributed by atoms with Crippen molar-refractivity contribution < 1.29 is 13.9 Å². The number of hydrogen-bond donors (Lipinski definition) is 1. The highest BCUT2D eigenvalue weighted by atomic mass is 19.2. The summed E-state index contributed by atoms with van der Waals surface area (Å²) in [5.74, 6) is -1.74. The van der Waals surface area contributed by atoms with E-state index in [2.05, 4.69) is 0 Å². The van der Waals surface area contributed by atoms with Crippen LogP contribution in [-0.4, -0.2) is 11.2 Å². The zero-order valence-corrected chi connectivity index (χ0v) is 10.7. The van der Waals surface area contributed by atoms with Gasteiger partial charge in [-0.15, -0.1) is 0 Å². The normalized spacial score (nSPS) is 12.4. The third-order valence-electron chi connectivity index (χ3n) is 3.05. The van der Waals surface area contributed by atoms with Crippen LogP contribution in [0.25, 0.3) is 0 Å². The number of aliphatic hydroxyl groups is 1. The van der Waals surface area contributed by atoms with Gasteiger partial charge in [-0.05, 0) is 43.0 Å². The minimum absolute atomic E-state index is 0.311. The lowest BCUT2D eigenvalue weighted by Crippen LogP contribution is -2.14. The summed E-state index contributed by atoms with van der Waals surface area (Å²) in [6, 6.07) is 11.6. The summed E-state index contributed by atoms with van der Waals surface area (Å²) in [4.78, 5) is 0. The van der Waals surface area contributed by atoms with Crippen LogP contribution in [0.1, 0.15) is 16.7 Å². The standard InChI is InChI=1S/C16H16F2O/c1-11-2-4-12(5-3-11)8-14(19)9-13-6-7-15(17)16(18)10-13/h2-7,10,14,19H,8-9H2,1H3. The van der Waals surface area contributed by atoms with Gasteiger partial charge in [0, 0.05) is 0 Å². The topological polar surface area (TPSA) is 20.2 Å². The van der Waals surface area contributed by atoms with Crippen LogP contribution in [-0.2, 0) is 12.8 Å². The molecule has 0 saturated heterocycles. The van der Waals surface area contributed by atoms with Gasteiger partial charge in [-0.2, -0.15) is 0 Å². The molecule has 0 aromatic heterocycles. The Morgan fingerprint density at radius 3 is 2.11 bits per heavy atom.